The molecule has 0 saturated carbocycles. The Morgan fingerprint density at radius 3 is 1.35 bits per heavy atom. The van der Waals surface area contributed by atoms with Crippen LogP contribution in [-0.2, 0) is 10.8 Å². The SMILES string of the molecule is Fc1ccc2c(c1)C(c1ccccc1)(c1ccccc1)c1cc(N(c3ccccc3)c3ccc4c(c3)C(c3ccccc3)(c3ccccc3)c3ccccc3-4)c3ccccc3c1-2. The molecule has 0 atom stereocenters. The summed E-state index contributed by atoms with van der Waals surface area (Å²) >= 11 is 0. The average Bonchev–Trinajstić information content (AvgIpc) is 3.81. The van der Waals surface area contributed by atoms with E-state index in [9.17, 15) is 0 Å². The predicted octanol–water partition coefficient (Wildman–Crippen LogP) is 15.2. The highest BCUT2D eigenvalue weighted by Gasteiger charge is 2.49. The quantitative estimate of drug-likeness (QED) is 0.155. The standard InChI is InChI=1S/C60H40FN/c61-45-34-36-52-54(38-45)60(43-24-10-3-11-25-43,44-26-12-4-13-27-44)56-40-57(50-31-16-17-32-51(50)58(52)56)62(46-28-14-5-15-29-46)47-35-37-49-48-30-18-19-33-53(48)59(55(49)39-47,41-20-6-1-7-21-41)42-22-8-2-9-23-42/h1-40H. The highest BCUT2D eigenvalue weighted by molar-refractivity contribution is 6.11. The van der Waals surface area contributed by atoms with Gasteiger partial charge in [0.05, 0.1) is 16.5 Å². The molecule has 2 aliphatic rings. The number of para-hydroxylation sites is 1. The van der Waals surface area contributed by atoms with Gasteiger partial charge >= 0.3 is 0 Å². The van der Waals surface area contributed by atoms with Gasteiger partial charge in [0.2, 0.25) is 0 Å². The van der Waals surface area contributed by atoms with Crippen molar-refractivity contribution in [2.75, 3.05) is 4.90 Å². The van der Waals surface area contributed by atoms with Crippen LogP contribution in [0.3, 0.4) is 0 Å². The molecule has 62 heavy (non-hydrogen) atoms. The molecule has 0 radical (unpaired) electrons. The monoisotopic (exact) mass is 793 g/mol. The highest BCUT2D eigenvalue weighted by Crippen LogP contribution is 2.61. The summed E-state index contributed by atoms with van der Waals surface area (Å²) in [6.45, 7) is 0. The van der Waals surface area contributed by atoms with Crippen LogP contribution in [0.25, 0.3) is 33.0 Å². The van der Waals surface area contributed by atoms with Crippen molar-refractivity contribution in [1.82, 2.24) is 0 Å². The molecule has 0 saturated heterocycles. The van der Waals surface area contributed by atoms with Crippen molar-refractivity contribution >= 4 is 27.8 Å². The highest BCUT2D eigenvalue weighted by atomic mass is 19.1. The predicted molar refractivity (Wildman–Crippen MR) is 253 cm³/mol. The summed E-state index contributed by atoms with van der Waals surface area (Å²) in [6.07, 6.45) is 0. The lowest BCUT2D eigenvalue weighted by atomic mass is 9.67. The van der Waals surface area contributed by atoms with Crippen LogP contribution in [0.4, 0.5) is 21.5 Å². The second-order valence-electron chi connectivity index (χ2n) is 16.5. The van der Waals surface area contributed by atoms with E-state index in [0.29, 0.717) is 0 Å². The summed E-state index contributed by atoms with van der Waals surface area (Å²) in [5.41, 5.74) is 15.7. The summed E-state index contributed by atoms with van der Waals surface area (Å²) in [7, 11) is 0. The number of fused-ring (bicyclic) bond motifs is 8. The molecular weight excluding hydrogens is 754 g/mol. The van der Waals surface area contributed by atoms with Gasteiger partial charge in [-0.2, -0.15) is 0 Å². The van der Waals surface area contributed by atoms with Gasteiger partial charge in [0, 0.05) is 16.8 Å². The van der Waals surface area contributed by atoms with Crippen molar-refractivity contribution in [1.29, 1.82) is 0 Å². The molecule has 292 valence electrons. The molecule has 0 unspecified atom stereocenters. The zero-order chi connectivity index (χ0) is 41.3. The Labute approximate surface area is 361 Å². The van der Waals surface area contributed by atoms with E-state index in [4.69, 9.17) is 0 Å². The summed E-state index contributed by atoms with van der Waals surface area (Å²) in [5.74, 6) is -0.248. The molecule has 1 nitrogen and oxygen atoms in total. The molecule has 2 heteroatoms. The van der Waals surface area contributed by atoms with Crippen molar-refractivity contribution < 1.29 is 4.39 Å². The molecule has 0 amide bonds. The minimum atomic E-state index is -0.800. The van der Waals surface area contributed by atoms with Gasteiger partial charge in [0.25, 0.3) is 0 Å². The number of benzene rings is 10. The molecule has 0 aromatic heterocycles. The van der Waals surface area contributed by atoms with Crippen LogP contribution in [0.5, 0.6) is 0 Å². The Morgan fingerprint density at radius 2 is 0.758 bits per heavy atom. The average molecular weight is 794 g/mol. The number of hydrogen-bond donors (Lipinski definition) is 0. The van der Waals surface area contributed by atoms with E-state index in [-0.39, 0.29) is 5.82 Å². The van der Waals surface area contributed by atoms with Gasteiger partial charge in [-0.3, -0.25) is 0 Å². The van der Waals surface area contributed by atoms with Crippen LogP contribution >= 0.6 is 0 Å². The second-order valence-corrected chi connectivity index (χ2v) is 16.5. The van der Waals surface area contributed by atoms with Gasteiger partial charge in [0.1, 0.15) is 5.82 Å². The van der Waals surface area contributed by atoms with E-state index >= 15 is 4.39 Å². The zero-order valence-corrected chi connectivity index (χ0v) is 33.9. The number of anilines is 3. The number of halogens is 1. The van der Waals surface area contributed by atoms with Gasteiger partial charge < -0.3 is 4.90 Å². The summed E-state index contributed by atoms with van der Waals surface area (Å²) < 4.78 is 15.8. The van der Waals surface area contributed by atoms with Gasteiger partial charge in [-0.25, -0.2) is 4.39 Å². The minimum Gasteiger partial charge on any atom is -0.310 e. The molecular formula is C60H40FN. The first-order valence-electron chi connectivity index (χ1n) is 21.4. The van der Waals surface area contributed by atoms with Gasteiger partial charge in [-0.1, -0.05) is 200 Å². The maximum absolute atomic E-state index is 15.8. The molecule has 0 bridgehead atoms. The molecule has 0 fully saturated rings. The third-order valence-electron chi connectivity index (χ3n) is 13.5. The lowest BCUT2D eigenvalue weighted by Crippen LogP contribution is -2.29. The van der Waals surface area contributed by atoms with Crippen LogP contribution in [0.2, 0.25) is 0 Å². The molecule has 12 rings (SSSR count). The first kappa shape index (κ1) is 36.1. The van der Waals surface area contributed by atoms with Crippen LogP contribution in [0.1, 0.15) is 44.5 Å². The second kappa shape index (κ2) is 14.1. The van der Waals surface area contributed by atoms with E-state index in [0.717, 1.165) is 61.2 Å². The maximum atomic E-state index is 15.8. The topological polar surface area (TPSA) is 3.24 Å². The Morgan fingerprint density at radius 1 is 0.306 bits per heavy atom. The van der Waals surface area contributed by atoms with Crippen molar-refractivity contribution in [2.24, 2.45) is 0 Å². The summed E-state index contributed by atoms with van der Waals surface area (Å²) in [6, 6.07) is 86.6. The lowest BCUT2D eigenvalue weighted by Gasteiger charge is -2.36. The van der Waals surface area contributed by atoms with Crippen molar-refractivity contribution in [3.63, 3.8) is 0 Å². The zero-order valence-electron chi connectivity index (χ0n) is 33.9. The summed E-state index contributed by atoms with van der Waals surface area (Å²) in [4.78, 5) is 2.44. The fraction of sp³-hybridized carbons (Fsp3) is 0.0333. The Bertz CT molecular complexity index is 3210. The Balaban J connectivity index is 1.19. The third kappa shape index (κ3) is 5.07. The van der Waals surface area contributed by atoms with Gasteiger partial charge in [-0.15, -0.1) is 0 Å². The molecule has 2 aliphatic carbocycles. The van der Waals surface area contributed by atoms with Crippen LogP contribution in [-0.4, -0.2) is 0 Å². The molecule has 0 N–H and O–H groups in total. The van der Waals surface area contributed by atoms with E-state index in [1.54, 1.807) is 12.1 Å². The largest absolute Gasteiger partial charge is 0.310 e. The third-order valence-corrected chi connectivity index (χ3v) is 13.5. The summed E-state index contributed by atoms with van der Waals surface area (Å²) in [5, 5.41) is 2.24. The smallest absolute Gasteiger partial charge is 0.123 e. The number of nitrogens with zero attached hydrogens (tertiary/aromatic N) is 1. The number of rotatable bonds is 7. The van der Waals surface area contributed by atoms with E-state index in [1.807, 2.05) is 6.07 Å². The van der Waals surface area contributed by atoms with E-state index in [1.165, 1.54) is 33.4 Å². The van der Waals surface area contributed by atoms with Crippen LogP contribution in [0.15, 0.2) is 243 Å². The molecule has 0 heterocycles. The van der Waals surface area contributed by atoms with Gasteiger partial charge in [0.15, 0.2) is 0 Å². The van der Waals surface area contributed by atoms with E-state index < -0.39 is 10.8 Å². The van der Waals surface area contributed by atoms with Gasteiger partial charge in [-0.05, 0) is 115 Å². The number of hydrogen-bond acceptors (Lipinski definition) is 1. The minimum absolute atomic E-state index is 0.248. The normalized spacial score (nSPS) is 13.8. The first-order chi connectivity index (χ1) is 30.7. The Hall–Kier alpha value is -7.81. The maximum Gasteiger partial charge on any atom is 0.123 e. The Kier molecular flexibility index (Phi) is 8.23. The molecule has 10 aromatic carbocycles. The molecule has 0 spiro atoms. The lowest BCUT2D eigenvalue weighted by molar-refractivity contribution is 0.621. The van der Waals surface area contributed by atoms with Crippen molar-refractivity contribution in [2.45, 2.75) is 10.8 Å². The first-order valence-corrected chi connectivity index (χ1v) is 21.4. The van der Waals surface area contributed by atoms with Crippen LogP contribution < -0.4 is 4.90 Å². The van der Waals surface area contributed by atoms with Crippen molar-refractivity contribution in [3.8, 4) is 22.3 Å². The van der Waals surface area contributed by atoms with E-state index in [2.05, 4.69) is 229 Å². The molecule has 0 aliphatic heterocycles. The fourth-order valence-electron chi connectivity index (χ4n) is 11.1. The van der Waals surface area contributed by atoms with Crippen LogP contribution in [0, 0.1) is 5.82 Å². The molecule has 10 aromatic rings. The fourth-order valence-corrected chi connectivity index (χ4v) is 11.1. The van der Waals surface area contributed by atoms with Crippen molar-refractivity contribution in [3.05, 3.63) is 293 Å².